The predicted octanol–water partition coefficient (Wildman–Crippen LogP) is 3.84. The second kappa shape index (κ2) is 14.4. The van der Waals surface area contributed by atoms with Gasteiger partial charge in [0, 0.05) is 19.3 Å². The number of hydrogen-bond acceptors (Lipinski definition) is 5. The summed E-state index contributed by atoms with van der Waals surface area (Å²) >= 11 is 0. The lowest BCUT2D eigenvalue weighted by atomic mass is 9.93. The Morgan fingerprint density at radius 1 is 0.675 bits per heavy atom. The molecular formula is C31H32N2O7. The second-order valence-electron chi connectivity index (χ2n) is 9.56. The van der Waals surface area contributed by atoms with Crippen LogP contribution < -0.4 is 11.1 Å². The predicted molar refractivity (Wildman–Crippen MR) is 149 cm³/mol. The van der Waals surface area contributed by atoms with Crippen LogP contribution >= 0.6 is 0 Å². The third-order valence-electron chi connectivity index (χ3n) is 6.56. The lowest BCUT2D eigenvalue weighted by Gasteiger charge is -2.19. The van der Waals surface area contributed by atoms with Crippen molar-refractivity contribution >= 4 is 29.5 Å². The van der Waals surface area contributed by atoms with Crippen LogP contribution in [0.25, 0.3) is 22.3 Å². The van der Waals surface area contributed by atoms with E-state index < -0.39 is 54.3 Å². The summed E-state index contributed by atoms with van der Waals surface area (Å²) in [4.78, 5) is 58.9. The smallest absolute Gasteiger partial charge is 0.304 e. The first-order valence-electron chi connectivity index (χ1n) is 12.9. The van der Waals surface area contributed by atoms with Gasteiger partial charge in [0.1, 0.15) is 0 Å². The molecule has 2 amide bonds. The van der Waals surface area contributed by atoms with Crippen molar-refractivity contribution in [2.75, 3.05) is 0 Å². The van der Waals surface area contributed by atoms with E-state index in [0.717, 1.165) is 27.8 Å². The van der Waals surface area contributed by atoms with Gasteiger partial charge in [-0.25, -0.2) is 0 Å². The number of aliphatic carboxylic acids is 2. The van der Waals surface area contributed by atoms with Crippen LogP contribution in [-0.2, 0) is 30.4 Å². The first-order valence-corrected chi connectivity index (χ1v) is 12.9. The quantitative estimate of drug-likeness (QED) is 0.226. The zero-order valence-corrected chi connectivity index (χ0v) is 21.9. The Morgan fingerprint density at radius 2 is 1.20 bits per heavy atom. The van der Waals surface area contributed by atoms with Crippen molar-refractivity contribution < 1.29 is 34.2 Å². The van der Waals surface area contributed by atoms with Crippen molar-refractivity contribution in [3.8, 4) is 22.3 Å². The van der Waals surface area contributed by atoms with Crippen molar-refractivity contribution in [1.82, 2.24) is 5.32 Å². The van der Waals surface area contributed by atoms with Gasteiger partial charge < -0.3 is 21.3 Å². The maximum atomic E-state index is 12.7. The average molecular weight is 545 g/mol. The summed E-state index contributed by atoms with van der Waals surface area (Å²) in [5, 5.41) is 20.5. The van der Waals surface area contributed by atoms with Crippen molar-refractivity contribution in [3.05, 3.63) is 84.4 Å². The summed E-state index contributed by atoms with van der Waals surface area (Å²) in [7, 11) is 0. The molecule has 40 heavy (non-hydrogen) atoms. The SMILES string of the molecule is NC(=O)[C@H](CC(=O)O)CC(=O)[C@H](CCC(=O)O)NC(=O)CCc1ccc(-c2ccc(-c3ccccc3)cc2)cc1. The molecule has 0 radical (unpaired) electrons. The van der Waals surface area contributed by atoms with Crippen LogP contribution in [-0.4, -0.2) is 45.8 Å². The molecule has 0 aliphatic rings. The Kier molecular flexibility index (Phi) is 10.7. The average Bonchev–Trinajstić information content (AvgIpc) is 2.94. The highest BCUT2D eigenvalue weighted by atomic mass is 16.4. The number of hydrogen-bond donors (Lipinski definition) is 4. The molecule has 3 rings (SSSR count). The number of Topliss-reactive ketones (excluding diaryl/α,β-unsaturated/α-hetero) is 1. The summed E-state index contributed by atoms with van der Waals surface area (Å²) in [6.07, 6.45) is -1.26. The molecule has 3 aromatic rings. The van der Waals surface area contributed by atoms with Crippen LogP contribution in [0.3, 0.4) is 0 Å². The highest BCUT2D eigenvalue weighted by molar-refractivity contribution is 5.93. The van der Waals surface area contributed by atoms with Gasteiger partial charge in [0.2, 0.25) is 11.8 Å². The molecule has 0 fully saturated rings. The van der Waals surface area contributed by atoms with E-state index >= 15 is 0 Å². The number of rotatable bonds is 15. The van der Waals surface area contributed by atoms with Crippen LogP contribution in [0.2, 0.25) is 0 Å². The molecule has 0 aliphatic carbocycles. The molecule has 0 aromatic heterocycles. The second-order valence-corrected chi connectivity index (χ2v) is 9.56. The minimum absolute atomic E-state index is 0.0519. The molecule has 9 nitrogen and oxygen atoms in total. The number of aryl methyl sites for hydroxylation is 1. The Labute approximate surface area is 232 Å². The van der Waals surface area contributed by atoms with Crippen molar-refractivity contribution in [2.45, 2.75) is 44.6 Å². The van der Waals surface area contributed by atoms with E-state index in [1.54, 1.807) is 0 Å². The summed E-state index contributed by atoms with van der Waals surface area (Å²) in [5.74, 6) is -5.74. The van der Waals surface area contributed by atoms with E-state index in [4.69, 9.17) is 15.9 Å². The fraction of sp³-hybridized carbons (Fsp3) is 0.258. The first kappa shape index (κ1) is 29.8. The third-order valence-corrected chi connectivity index (χ3v) is 6.56. The molecule has 5 N–H and O–H groups in total. The third kappa shape index (κ3) is 9.20. The molecule has 208 valence electrons. The molecule has 0 unspecified atom stereocenters. The number of ketones is 1. The number of amides is 2. The van der Waals surface area contributed by atoms with Crippen LogP contribution in [0, 0.1) is 5.92 Å². The number of nitrogens with two attached hydrogens (primary N) is 1. The van der Waals surface area contributed by atoms with Gasteiger partial charge in [0.05, 0.1) is 18.4 Å². The van der Waals surface area contributed by atoms with Gasteiger partial charge >= 0.3 is 11.9 Å². The fourth-order valence-electron chi connectivity index (χ4n) is 4.32. The number of carboxylic acid groups (broad SMARTS) is 2. The van der Waals surface area contributed by atoms with Gasteiger partial charge in [-0.05, 0) is 40.7 Å². The molecule has 0 saturated carbocycles. The molecule has 0 saturated heterocycles. The Bertz CT molecular complexity index is 1340. The molecular weight excluding hydrogens is 512 g/mol. The van der Waals surface area contributed by atoms with Gasteiger partial charge in [0.25, 0.3) is 0 Å². The van der Waals surface area contributed by atoms with E-state index in [9.17, 15) is 24.0 Å². The summed E-state index contributed by atoms with van der Waals surface area (Å²) in [6.45, 7) is 0. The van der Waals surface area contributed by atoms with Crippen LogP contribution in [0.15, 0.2) is 78.9 Å². The lowest BCUT2D eigenvalue weighted by molar-refractivity contribution is -0.141. The molecule has 0 bridgehead atoms. The Balaban J connectivity index is 1.58. The van der Waals surface area contributed by atoms with Gasteiger partial charge in [0.15, 0.2) is 5.78 Å². The van der Waals surface area contributed by atoms with Gasteiger partial charge in [-0.15, -0.1) is 0 Å². The van der Waals surface area contributed by atoms with Gasteiger partial charge in [-0.1, -0.05) is 78.9 Å². The van der Waals surface area contributed by atoms with Crippen LogP contribution in [0.4, 0.5) is 0 Å². The number of nitrogens with one attached hydrogen (secondary N) is 1. The van der Waals surface area contributed by atoms with Crippen LogP contribution in [0.5, 0.6) is 0 Å². The largest absolute Gasteiger partial charge is 0.481 e. The highest BCUT2D eigenvalue weighted by Crippen LogP contribution is 2.25. The highest BCUT2D eigenvalue weighted by Gasteiger charge is 2.28. The molecule has 3 aromatic carbocycles. The summed E-state index contributed by atoms with van der Waals surface area (Å²) in [6, 6.07) is 24.9. The zero-order chi connectivity index (χ0) is 29.1. The molecule has 2 atom stereocenters. The minimum atomic E-state index is -1.29. The maximum Gasteiger partial charge on any atom is 0.304 e. The monoisotopic (exact) mass is 544 g/mol. The summed E-state index contributed by atoms with van der Waals surface area (Å²) < 4.78 is 0. The fourth-order valence-corrected chi connectivity index (χ4v) is 4.32. The van der Waals surface area contributed by atoms with Crippen molar-refractivity contribution in [1.29, 1.82) is 0 Å². The first-order chi connectivity index (χ1) is 19.1. The van der Waals surface area contributed by atoms with E-state index in [2.05, 4.69) is 41.7 Å². The van der Waals surface area contributed by atoms with Crippen molar-refractivity contribution in [2.24, 2.45) is 11.7 Å². The van der Waals surface area contributed by atoms with E-state index in [1.807, 2.05) is 42.5 Å². The van der Waals surface area contributed by atoms with Crippen LogP contribution in [0.1, 0.15) is 37.7 Å². The van der Waals surface area contributed by atoms with E-state index in [1.165, 1.54) is 0 Å². The molecule has 9 heteroatoms. The maximum absolute atomic E-state index is 12.7. The number of primary amides is 1. The zero-order valence-electron chi connectivity index (χ0n) is 21.9. The number of benzene rings is 3. The number of carbonyl (C=O) groups excluding carboxylic acids is 3. The molecule has 0 spiro atoms. The summed E-state index contributed by atoms with van der Waals surface area (Å²) in [5.41, 5.74) is 10.5. The molecule has 0 heterocycles. The van der Waals surface area contributed by atoms with E-state index in [-0.39, 0.29) is 19.3 Å². The number of carboxylic acids is 2. The topological polar surface area (TPSA) is 164 Å². The van der Waals surface area contributed by atoms with Gasteiger partial charge in [-0.2, -0.15) is 0 Å². The van der Waals surface area contributed by atoms with E-state index in [0.29, 0.717) is 6.42 Å². The van der Waals surface area contributed by atoms with Crippen molar-refractivity contribution in [3.63, 3.8) is 0 Å². The number of carbonyl (C=O) groups is 5. The normalized spacial score (nSPS) is 12.2. The van der Waals surface area contributed by atoms with Gasteiger partial charge in [-0.3, -0.25) is 24.0 Å². The standard InChI is InChI=1S/C31H32N2O7/c32-31(40)25(19-30(38)39)18-27(34)26(15-17-29(36)37)33-28(35)16-8-20-6-9-22(10-7-20)24-13-11-23(12-14-24)21-4-2-1-3-5-21/h1-7,9-14,25-26H,8,15-19H2,(H2,32,40)(H,33,35)(H,36,37)(H,38,39)/t25-,26-/m0/s1. The Hall–Kier alpha value is -4.79. The minimum Gasteiger partial charge on any atom is -0.481 e. The molecule has 0 aliphatic heterocycles. The lowest BCUT2D eigenvalue weighted by Crippen LogP contribution is -2.43. The Morgan fingerprint density at radius 3 is 1.70 bits per heavy atom.